The molecule has 1 aliphatic rings. The van der Waals surface area contributed by atoms with Crippen LogP contribution in [0.5, 0.6) is 5.75 Å². The average Bonchev–Trinajstić information content (AvgIpc) is 2.28. The highest BCUT2D eigenvalue weighted by atomic mass is 19.4. The van der Waals surface area contributed by atoms with Crippen LogP contribution < -0.4 is 4.74 Å². The number of rotatable bonds is 1. The van der Waals surface area contributed by atoms with Crippen molar-refractivity contribution >= 4 is 0 Å². The first kappa shape index (κ1) is 12.2. The van der Waals surface area contributed by atoms with Gasteiger partial charge in [-0.15, -0.1) is 0 Å². The zero-order valence-corrected chi connectivity index (χ0v) is 9.27. The maximum Gasteiger partial charge on any atom is 0.426 e. The minimum atomic E-state index is -4.88. The average molecular weight is 248 g/mol. The maximum atomic E-state index is 14.2. The number of benzene rings is 1. The van der Waals surface area contributed by atoms with Crippen LogP contribution in [0.25, 0.3) is 0 Å². The first-order valence-corrected chi connectivity index (χ1v) is 5.31. The number of hydrogen-bond acceptors (Lipinski definition) is 1. The van der Waals surface area contributed by atoms with Crippen molar-refractivity contribution < 1.29 is 22.3 Å². The number of hydrogen-bond donors (Lipinski definition) is 0. The molecule has 17 heavy (non-hydrogen) atoms. The lowest BCUT2D eigenvalue weighted by molar-refractivity contribution is -0.240. The third-order valence-electron chi connectivity index (χ3n) is 3.16. The minimum Gasteiger partial charge on any atom is -0.497 e. The van der Waals surface area contributed by atoms with E-state index in [2.05, 4.69) is 0 Å². The van der Waals surface area contributed by atoms with Crippen LogP contribution in [0.15, 0.2) is 18.2 Å². The van der Waals surface area contributed by atoms with E-state index in [1.165, 1.54) is 13.2 Å². The van der Waals surface area contributed by atoms with Crippen molar-refractivity contribution in [2.45, 2.75) is 31.1 Å². The summed E-state index contributed by atoms with van der Waals surface area (Å²) in [5.41, 5.74) is -3.12. The molecule has 1 aliphatic carbocycles. The standard InChI is InChI=1S/C12H12F4O/c1-17-9-5-4-8-3-2-6-11(13,10(8)7-9)12(14,15)16/h4-5,7H,2-3,6H2,1H3. The van der Waals surface area contributed by atoms with Crippen molar-refractivity contribution in [1.82, 2.24) is 0 Å². The Balaban J connectivity index is 2.56. The molecule has 0 N–H and O–H groups in total. The van der Waals surface area contributed by atoms with Crippen molar-refractivity contribution in [2.24, 2.45) is 0 Å². The van der Waals surface area contributed by atoms with Crippen LogP contribution in [0, 0.1) is 0 Å². The Labute approximate surface area is 96.4 Å². The van der Waals surface area contributed by atoms with Crippen molar-refractivity contribution in [3.8, 4) is 5.75 Å². The molecule has 5 heteroatoms. The zero-order valence-electron chi connectivity index (χ0n) is 9.27. The predicted octanol–water partition coefficient (Wildman–Crippen LogP) is 3.76. The molecule has 1 unspecified atom stereocenters. The fraction of sp³-hybridized carbons (Fsp3) is 0.500. The summed E-state index contributed by atoms with van der Waals surface area (Å²) in [5, 5.41) is 0. The van der Waals surface area contributed by atoms with Crippen LogP contribution >= 0.6 is 0 Å². The molecule has 0 saturated carbocycles. The van der Waals surface area contributed by atoms with Gasteiger partial charge in [0.2, 0.25) is 5.67 Å². The molecule has 0 spiro atoms. The molecule has 1 nitrogen and oxygen atoms in total. The van der Waals surface area contributed by atoms with Gasteiger partial charge in [-0.25, -0.2) is 4.39 Å². The Morgan fingerprint density at radius 3 is 2.59 bits per heavy atom. The third kappa shape index (κ3) is 1.87. The highest BCUT2D eigenvalue weighted by molar-refractivity contribution is 5.42. The molecular formula is C12H12F4O. The van der Waals surface area contributed by atoms with Gasteiger partial charge in [-0.2, -0.15) is 13.2 Å². The summed E-state index contributed by atoms with van der Waals surface area (Å²) < 4.78 is 57.5. The SMILES string of the molecule is COc1ccc2c(c1)C(F)(C(F)(F)F)CCC2. The summed E-state index contributed by atoms with van der Waals surface area (Å²) in [6.07, 6.45) is -4.72. The molecule has 0 aromatic heterocycles. The van der Waals surface area contributed by atoms with E-state index >= 15 is 0 Å². The third-order valence-corrected chi connectivity index (χ3v) is 3.16. The lowest BCUT2D eigenvalue weighted by Crippen LogP contribution is -2.41. The highest BCUT2D eigenvalue weighted by Crippen LogP contribution is 2.50. The van der Waals surface area contributed by atoms with E-state index in [-0.39, 0.29) is 17.7 Å². The topological polar surface area (TPSA) is 9.23 Å². The van der Waals surface area contributed by atoms with Crippen molar-refractivity contribution in [3.05, 3.63) is 29.3 Å². The van der Waals surface area contributed by atoms with Gasteiger partial charge in [-0.05, 0) is 37.0 Å². The van der Waals surface area contributed by atoms with Gasteiger partial charge >= 0.3 is 6.18 Å². The van der Waals surface area contributed by atoms with E-state index < -0.39 is 18.3 Å². The van der Waals surface area contributed by atoms with Gasteiger partial charge < -0.3 is 4.74 Å². The van der Waals surface area contributed by atoms with Gasteiger partial charge in [0.1, 0.15) is 5.75 Å². The van der Waals surface area contributed by atoms with Gasteiger partial charge in [-0.3, -0.25) is 0 Å². The molecule has 0 saturated heterocycles. The molecular weight excluding hydrogens is 236 g/mol. The molecule has 0 fully saturated rings. The predicted molar refractivity (Wildman–Crippen MR) is 54.8 cm³/mol. The van der Waals surface area contributed by atoms with E-state index in [1.54, 1.807) is 6.07 Å². The first-order valence-electron chi connectivity index (χ1n) is 5.31. The van der Waals surface area contributed by atoms with Crippen LogP contribution in [0.1, 0.15) is 24.0 Å². The summed E-state index contributed by atoms with van der Waals surface area (Å²) in [6.45, 7) is 0. The number of ether oxygens (including phenoxy) is 1. The Kier molecular flexibility index (Phi) is 2.79. The molecule has 0 heterocycles. The molecule has 1 atom stereocenters. The van der Waals surface area contributed by atoms with Crippen molar-refractivity contribution in [2.75, 3.05) is 7.11 Å². The smallest absolute Gasteiger partial charge is 0.426 e. The van der Waals surface area contributed by atoms with Crippen LogP contribution in [0.2, 0.25) is 0 Å². The minimum absolute atomic E-state index is 0.204. The summed E-state index contributed by atoms with van der Waals surface area (Å²) in [6, 6.07) is 4.22. The van der Waals surface area contributed by atoms with Crippen LogP contribution in [-0.2, 0) is 12.1 Å². The monoisotopic (exact) mass is 248 g/mol. The number of aryl methyl sites for hydroxylation is 1. The van der Waals surface area contributed by atoms with Crippen molar-refractivity contribution in [1.29, 1.82) is 0 Å². The Morgan fingerprint density at radius 1 is 1.29 bits per heavy atom. The molecule has 0 amide bonds. The summed E-state index contributed by atoms with van der Waals surface area (Å²) in [4.78, 5) is 0. The molecule has 0 radical (unpaired) electrons. The van der Waals surface area contributed by atoms with Gasteiger partial charge in [-0.1, -0.05) is 6.07 Å². The fourth-order valence-corrected chi connectivity index (χ4v) is 2.22. The molecule has 1 aromatic rings. The Hall–Kier alpha value is -1.26. The first-order chi connectivity index (χ1) is 7.88. The Bertz CT molecular complexity index is 427. The summed E-state index contributed by atoms with van der Waals surface area (Å²) in [7, 11) is 1.35. The Morgan fingerprint density at radius 2 is 2.00 bits per heavy atom. The lowest BCUT2D eigenvalue weighted by atomic mass is 9.80. The van der Waals surface area contributed by atoms with Gasteiger partial charge in [0.25, 0.3) is 0 Å². The second-order valence-corrected chi connectivity index (χ2v) is 4.18. The van der Waals surface area contributed by atoms with Gasteiger partial charge in [0.05, 0.1) is 7.11 Å². The van der Waals surface area contributed by atoms with E-state index in [9.17, 15) is 17.6 Å². The summed E-state index contributed by atoms with van der Waals surface area (Å²) >= 11 is 0. The normalized spacial score (nSPS) is 24.3. The van der Waals surface area contributed by atoms with Crippen LogP contribution in [0.4, 0.5) is 17.6 Å². The fourth-order valence-electron chi connectivity index (χ4n) is 2.22. The van der Waals surface area contributed by atoms with Gasteiger partial charge in [0.15, 0.2) is 0 Å². The number of alkyl halides is 4. The second kappa shape index (κ2) is 3.89. The number of halogens is 4. The van der Waals surface area contributed by atoms with E-state index in [4.69, 9.17) is 4.74 Å². The molecule has 0 bridgehead atoms. The molecule has 2 rings (SSSR count). The molecule has 0 aliphatic heterocycles. The number of methoxy groups -OCH3 is 1. The zero-order chi connectivity index (χ0) is 12.7. The van der Waals surface area contributed by atoms with Crippen molar-refractivity contribution in [3.63, 3.8) is 0 Å². The second-order valence-electron chi connectivity index (χ2n) is 4.18. The van der Waals surface area contributed by atoms with Crippen LogP contribution in [-0.4, -0.2) is 13.3 Å². The van der Waals surface area contributed by atoms with E-state index in [0.717, 1.165) is 6.07 Å². The quantitative estimate of drug-likeness (QED) is 0.687. The molecule has 94 valence electrons. The maximum absolute atomic E-state index is 14.2. The molecule has 1 aromatic carbocycles. The lowest BCUT2D eigenvalue weighted by Gasteiger charge is -2.33. The number of fused-ring (bicyclic) bond motifs is 1. The summed E-state index contributed by atoms with van der Waals surface area (Å²) in [5.74, 6) is 0.247. The van der Waals surface area contributed by atoms with Gasteiger partial charge in [0, 0.05) is 5.56 Å². The largest absolute Gasteiger partial charge is 0.497 e. The highest BCUT2D eigenvalue weighted by Gasteiger charge is 2.58. The van der Waals surface area contributed by atoms with Crippen LogP contribution in [0.3, 0.4) is 0 Å². The van der Waals surface area contributed by atoms with E-state index in [0.29, 0.717) is 12.0 Å². The van der Waals surface area contributed by atoms with E-state index in [1.807, 2.05) is 0 Å².